The minimum Gasteiger partial charge on any atom is -1.00 e. The van der Waals surface area contributed by atoms with Crippen molar-refractivity contribution < 1.29 is 17.1 Å². The fraction of sp³-hybridized carbons (Fsp3) is 0.615. The fourth-order valence-electron chi connectivity index (χ4n) is 2.17. The van der Waals surface area contributed by atoms with Crippen LogP contribution in [0.15, 0.2) is 9.59 Å². The normalized spacial score (nSPS) is 11.0. The number of fused-ring (bicyclic) bond motifs is 1. The van der Waals surface area contributed by atoms with Crippen LogP contribution >= 0.6 is 0 Å². The maximum atomic E-state index is 12.2. The summed E-state index contributed by atoms with van der Waals surface area (Å²) in [5, 5.41) is 0. The summed E-state index contributed by atoms with van der Waals surface area (Å²) in [7, 11) is 8.74. The van der Waals surface area contributed by atoms with Gasteiger partial charge in [0.25, 0.3) is 11.6 Å². The van der Waals surface area contributed by atoms with E-state index in [-0.39, 0.29) is 18.0 Å². The average molecular weight is 331 g/mol. The molecule has 0 aliphatic carbocycles. The van der Waals surface area contributed by atoms with Gasteiger partial charge in [-0.1, -0.05) is 0 Å². The summed E-state index contributed by atoms with van der Waals surface area (Å²) in [6.07, 6.45) is 0.854. The van der Waals surface area contributed by atoms with Crippen molar-refractivity contribution in [1.29, 1.82) is 0 Å². The third kappa shape index (κ3) is 3.17. The molecule has 2 rings (SSSR count). The lowest BCUT2D eigenvalue weighted by Crippen LogP contribution is -3.00. The largest absolute Gasteiger partial charge is 1.00 e. The molecule has 0 unspecified atom stereocenters. The summed E-state index contributed by atoms with van der Waals surface area (Å²) < 4.78 is 9.63. The summed E-state index contributed by atoms with van der Waals surface area (Å²) in [4.78, 5) is 30.4. The molecule has 0 radical (unpaired) electrons. The van der Waals surface area contributed by atoms with Gasteiger partial charge >= 0.3 is 5.69 Å². The van der Waals surface area contributed by atoms with Crippen molar-refractivity contribution in [2.45, 2.75) is 6.42 Å². The number of aryl methyl sites for hydroxylation is 2. The predicted molar refractivity (Wildman–Crippen MR) is 79.9 cm³/mol. The second kappa shape index (κ2) is 6.97. The highest BCUT2D eigenvalue weighted by Gasteiger charge is 2.17. The molecule has 9 heteroatoms. The van der Waals surface area contributed by atoms with Crippen molar-refractivity contribution in [3.63, 3.8) is 0 Å². The van der Waals surface area contributed by atoms with Crippen LogP contribution in [0.2, 0.25) is 0 Å². The van der Waals surface area contributed by atoms with Crippen LogP contribution in [-0.2, 0) is 21.1 Å². The number of ether oxygens (including phenoxy) is 1. The van der Waals surface area contributed by atoms with Crippen molar-refractivity contribution >= 4 is 11.2 Å². The molecule has 0 amide bonds. The van der Waals surface area contributed by atoms with Crippen LogP contribution in [0, 0.1) is 0 Å². The van der Waals surface area contributed by atoms with Crippen molar-refractivity contribution in [2.75, 3.05) is 27.2 Å². The molecule has 0 aromatic carbocycles. The summed E-state index contributed by atoms with van der Waals surface area (Å²) >= 11 is 0. The average Bonchev–Trinajstić information content (AvgIpc) is 2.76. The molecule has 0 spiro atoms. The first-order valence-corrected chi connectivity index (χ1v) is 6.74. The Bertz CT molecular complexity index is 775. The molecule has 2 aromatic heterocycles. The molecule has 2 aromatic rings. The maximum Gasteiger partial charge on any atom is 0.332 e. The number of nitrogens with zero attached hydrogens (tertiary/aromatic N) is 5. The lowest BCUT2D eigenvalue weighted by molar-refractivity contribution is -0.00000542. The molecule has 2 heterocycles. The first-order chi connectivity index (χ1) is 9.84. The van der Waals surface area contributed by atoms with Gasteiger partial charge in [-0.2, -0.15) is 4.98 Å². The molecule has 0 saturated carbocycles. The lowest BCUT2D eigenvalue weighted by atomic mass is 10.4. The van der Waals surface area contributed by atoms with Crippen molar-refractivity contribution in [1.82, 2.24) is 23.6 Å². The third-order valence-electron chi connectivity index (χ3n) is 3.42. The zero-order valence-corrected chi connectivity index (χ0v) is 14.2. The van der Waals surface area contributed by atoms with E-state index in [0.717, 1.165) is 17.5 Å². The van der Waals surface area contributed by atoms with Gasteiger partial charge < -0.3 is 22.0 Å². The van der Waals surface area contributed by atoms with Crippen LogP contribution in [0.3, 0.4) is 0 Å². The second-order valence-corrected chi connectivity index (χ2v) is 5.34. The van der Waals surface area contributed by atoms with E-state index in [4.69, 9.17) is 4.74 Å². The van der Waals surface area contributed by atoms with Gasteiger partial charge in [0.15, 0.2) is 11.2 Å². The molecule has 8 nitrogen and oxygen atoms in total. The molecule has 22 heavy (non-hydrogen) atoms. The summed E-state index contributed by atoms with van der Waals surface area (Å²) in [5.74, 6) is 0. The minimum absolute atomic E-state index is 0. The molecule has 124 valence electrons. The Kier molecular flexibility index (Phi) is 5.78. The van der Waals surface area contributed by atoms with Crippen molar-refractivity contribution in [3.8, 4) is 6.01 Å². The topological polar surface area (TPSA) is 74.3 Å². The standard InChI is InChI=1S/C13H21N5O3.ClH/c1-15(2)7-6-8-21-12-14-10-9(16(12)3)11(19)18(5)13(20)17(10)4;/h6-8H2,1-5H3;1H/p-1. The first-order valence-electron chi connectivity index (χ1n) is 6.74. The van der Waals surface area contributed by atoms with Gasteiger partial charge in [-0.05, 0) is 20.5 Å². The third-order valence-corrected chi connectivity index (χ3v) is 3.42. The van der Waals surface area contributed by atoms with E-state index >= 15 is 0 Å². The molecule has 0 bridgehead atoms. The van der Waals surface area contributed by atoms with E-state index < -0.39 is 5.69 Å². The zero-order chi connectivity index (χ0) is 15.7. The fourth-order valence-corrected chi connectivity index (χ4v) is 2.17. The zero-order valence-electron chi connectivity index (χ0n) is 13.5. The summed E-state index contributed by atoms with van der Waals surface area (Å²) in [6.45, 7) is 1.41. The SMILES string of the molecule is CN(C)CCCOc1nc2c(c(=O)n(C)c(=O)n2C)n1C.[Cl-]. The van der Waals surface area contributed by atoms with Gasteiger partial charge in [0.2, 0.25) is 0 Å². The Balaban J connectivity index is 0.00000242. The van der Waals surface area contributed by atoms with Crippen LogP contribution in [0.5, 0.6) is 6.01 Å². The number of rotatable bonds is 5. The number of hydrogen-bond donors (Lipinski definition) is 0. The van der Waals surface area contributed by atoms with Gasteiger partial charge in [-0.3, -0.25) is 18.5 Å². The Morgan fingerprint density at radius 3 is 2.32 bits per heavy atom. The Hall–Kier alpha value is -1.80. The molecule has 0 fully saturated rings. The molecule has 0 saturated heterocycles. The van der Waals surface area contributed by atoms with E-state index in [9.17, 15) is 9.59 Å². The molecule has 0 aliphatic heterocycles. The summed E-state index contributed by atoms with van der Waals surface area (Å²) in [6, 6.07) is 0.349. The van der Waals surface area contributed by atoms with Crippen LogP contribution in [0.1, 0.15) is 6.42 Å². The highest BCUT2D eigenvalue weighted by atomic mass is 35.5. The highest BCUT2D eigenvalue weighted by molar-refractivity contribution is 5.71. The Morgan fingerprint density at radius 2 is 1.73 bits per heavy atom. The van der Waals surface area contributed by atoms with E-state index in [2.05, 4.69) is 9.88 Å². The monoisotopic (exact) mass is 330 g/mol. The van der Waals surface area contributed by atoms with Crippen LogP contribution in [-0.4, -0.2) is 50.8 Å². The van der Waals surface area contributed by atoms with Crippen LogP contribution in [0.25, 0.3) is 11.2 Å². The van der Waals surface area contributed by atoms with Crippen molar-refractivity contribution in [3.05, 3.63) is 20.8 Å². The quantitative estimate of drug-likeness (QED) is 0.528. The van der Waals surface area contributed by atoms with Gasteiger partial charge in [0.05, 0.1) is 6.61 Å². The first kappa shape index (κ1) is 18.2. The lowest BCUT2D eigenvalue weighted by Gasteiger charge is -2.09. The van der Waals surface area contributed by atoms with E-state index in [1.807, 2.05) is 14.1 Å². The van der Waals surface area contributed by atoms with E-state index in [0.29, 0.717) is 23.8 Å². The molecule has 0 N–H and O–H groups in total. The molecular formula is C13H21ClN5O3-. The maximum absolute atomic E-state index is 12.2. The second-order valence-electron chi connectivity index (χ2n) is 5.34. The molecule has 0 atom stereocenters. The Labute approximate surface area is 134 Å². The highest BCUT2D eigenvalue weighted by Crippen LogP contribution is 2.15. The van der Waals surface area contributed by atoms with E-state index in [1.54, 1.807) is 18.7 Å². The number of imidazole rings is 1. The smallest absolute Gasteiger partial charge is 0.332 e. The molecular weight excluding hydrogens is 310 g/mol. The van der Waals surface area contributed by atoms with E-state index in [1.165, 1.54) is 11.6 Å². The predicted octanol–water partition coefficient (Wildman–Crippen LogP) is -3.69. The number of aromatic nitrogens is 4. The van der Waals surface area contributed by atoms with Gasteiger partial charge in [0, 0.05) is 27.7 Å². The number of halogens is 1. The summed E-state index contributed by atoms with van der Waals surface area (Å²) in [5.41, 5.74) is -0.0635. The van der Waals surface area contributed by atoms with Gasteiger partial charge in [-0.15, -0.1) is 0 Å². The van der Waals surface area contributed by atoms with Gasteiger partial charge in [-0.25, -0.2) is 4.79 Å². The molecule has 0 aliphatic rings. The van der Waals surface area contributed by atoms with Gasteiger partial charge in [0.1, 0.15) is 0 Å². The van der Waals surface area contributed by atoms with Crippen LogP contribution in [0.4, 0.5) is 0 Å². The minimum atomic E-state index is -0.398. The Morgan fingerprint density at radius 1 is 1.09 bits per heavy atom. The van der Waals surface area contributed by atoms with Crippen LogP contribution < -0.4 is 28.4 Å². The number of hydrogen-bond acceptors (Lipinski definition) is 5. The van der Waals surface area contributed by atoms with Crippen molar-refractivity contribution in [2.24, 2.45) is 21.1 Å².